The van der Waals surface area contributed by atoms with Gasteiger partial charge in [0.25, 0.3) is 0 Å². The number of aryl methyl sites for hydroxylation is 1. The highest BCUT2D eigenvalue weighted by molar-refractivity contribution is 7.70. The first-order valence-corrected chi connectivity index (χ1v) is 12.7. The van der Waals surface area contributed by atoms with Crippen molar-refractivity contribution in [2.24, 2.45) is 7.05 Å². The lowest BCUT2D eigenvalue weighted by Crippen LogP contribution is -2.13. The number of rotatable bonds is 5. The Hall–Kier alpha value is -2.46. The van der Waals surface area contributed by atoms with Crippen molar-refractivity contribution in [3.8, 4) is 17.1 Å². The van der Waals surface area contributed by atoms with Crippen molar-refractivity contribution in [1.82, 2.24) is 19.7 Å². The minimum atomic E-state index is -2.17. The van der Waals surface area contributed by atoms with Crippen LogP contribution in [0.1, 0.15) is 50.8 Å². The maximum absolute atomic E-state index is 11.9. The van der Waals surface area contributed by atoms with Crippen molar-refractivity contribution in [3.05, 3.63) is 54.1 Å². The number of methoxy groups -OCH3 is 1. The van der Waals surface area contributed by atoms with Gasteiger partial charge in [0.15, 0.2) is 5.82 Å². The van der Waals surface area contributed by atoms with Gasteiger partial charge in [0.1, 0.15) is 19.2 Å². The van der Waals surface area contributed by atoms with Gasteiger partial charge in [0.2, 0.25) is 0 Å². The molecular weight excluding hydrogens is 395 g/mol. The molecule has 0 fully saturated rings. The molecule has 162 valence electrons. The summed E-state index contributed by atoms with van der Waals surface area (Å²) in [6.07, 6.45) is 3.45. The van der Waals surface area contributed by atoms with Crippen LogP contribution in [0.3, 0.4) is 0 Å². The molecule has 3 rings (SSSR count). The number of hydrogen-bond acceptors (Lipinski definition) is 5. The van der Waals surface area contributed by atoms with E-state index in [0.717, 1.165) is 22.3 Å². The van der Waals surface area contributed by atoms with E-state index in [1.807, 2.05) is 31.3 Å². The van der Waals surface area contributed by atoms with Crippen LogP contribution in [0.25, 0.3) is 11.4 Å². The fourth-order valence-electron chi connectivity index (χ4n) is 3.19. The number of aromatic nitrogens is 4. The number of pyridine rings is 1. The first-order valence-electron chi connectivity index (χ1n) is 10.1. The van der Waals surface area contributed by atoms with Gasteiger partial charge < -0.3 is 9.30 Å². The molecule has 0 unspecified atom stereocenters. The van der Waals surface area contributed by atoms with Gasteiger partial charge in [-0.3, -0.25) is 9.67 Å². The molecule has 6 nitrogen and oxygen atoms in total. The lowest BCUT2D eigenvalue weighted by Gasteiger charge is -2.14. The number of para-hydroxylation sites is 1. The third-order valence-electron chi connectivity index (χ3n) is 4.66. The predicted molar refractivity (Wildman–Crippen MR) is 124 cm³/mol. The van der Waals surface area contributed by atoms with E-state index in [1.54, 1.807) is 37.6 Å². The van der Waals surface area contributed by atoms with Crippen molar-refractivity contribution >= 4 is 12.4 Å². The van der Waals surface area contributed by atoms with Crippen LogP contribution in [0.2, 0.25) is 0 Å². The van der Waals surface area contributed by atoms with Crippen LogP contribution in [0, 0.1) is 0 Å². The monoisotopic (exact) mass is 428 g/mol. The summed E-state index contributed by atoms with van der Waals surface area (Å²) in [6.45, 7) is 12.0. The maximum Gasteiger partial charge on any atom is 0.184 e. The maximum atomic E-state index is 11.9. The van der Waals surface area contributed by atoms with Crippen molar-refractivity contribution in [3.63, 3.8) is 0 Å². The van der Waals surface area contributed by atoms with Gasteiger partial charge >= 0.3 is 0 Å². The Bertz CT molecular complexity index is 1020. The molecule has 0 spiro atoms. The smallest absolute Gasteiger partial charge is 0.184 e. The van der Waals surface area contributed by atoms with Crippen molar-refractivity contribution in [2.45, 2.75) is 39.5 Å². The van der Waals surface area contributed by atoms with Crippen LogP contribution in [0.5, 0.6) is 5.75 Å². The Kier molecular flexibility index (Phi) is 7.96. The summed E-state index contributed by atoms with van der Waals surface area (Å²) in [6, 6.07) is 9.85. The van der Waals surface area contributed by atoms with Gasteiger partial charge in [-0.25, -0.2) is 4.98 Å². The third-order valence-corrected chi connectivity index (χ3v) is 6.19. The number of benzene rings is 1. The largest absolute Gasteiger partial charge is 0.496 e. The molecule has 7 heteroatoms. The van der Waals surface area contributed by atoms with Gasteiger partial charge in [0, 0.05) is 18.5 Å². The summed E-state index contributed by atoms with van der Waals surface area (Å²) < 4.78 is 19.1. The third kappa shape index (κ3) is 5.79. The standard InChI is InChI=1S/C13H17N3O.C10H16NOP/c1-9(2)10-6-5-7-11(12(10)17-4)13-14-8-16(3)15-13;1-8(2)10-9(13(3,4)12)6-5-7-11-10/h5-9H,1-4H3;5-8H,1-4H3. The van der Waals surface area contributed by atoms with Crippen molar-refractivity contribution < 1.29 is 9.30 Å². The lowest BCUT2D eigenvalue weighted by atomic mass is 9.99. The highest BCUT2D eigenvalue weighted by atomic mass is 31.2. The number of ether oxygens (including phenoxy) is 1. The Morgan fingerprint density at radius 3 is 2.17 bits per heavy atom. The second kappa shape index (κ2) is 10.0. The Morgan fingerprint density at radius 2 is 1.70 bits per heavy atom. The first-order chi connectivity index (χ1) is 14.1. The molecule has 3 aromatic rings. The minimum Gasteiger partial charge on any atom is -0.496 e. The topological polar surface area (TPSA) is 69.9 Å². The van der Waals surface area contributed by atoms with Gasteiger partial charge in [-0.15, -0.1) is 0 Å². The van der Waals surface area contributed by atoms with Gasteiger partial charge in [-0.1, -0.05) is 39.8 Å². The lowest BCUT2D eigenvalue weighted by molar-refractivity contribution is 0.409. The molecule has 0 aliphatic carbocycles. The van der Waals surface area contributed by atoms with E-state index in [-0.39, 0.29) is 0 Å². The minimum absolute atomic E-state index is 0.337. The van der Waals surface area contributed by atoms with Crippen LogP contribution >= 0.6 is 7.14 Å². The summed E-state index contributed by atoms with van der Waals surface area (Å²) in [5.74, 6) is 2.32. The average Bonchev–Trinajstić information content (AvgIpc) is 3.13. The van der Waals surface area contributed by atoms with E-state index in [0.29, 0.717) is 17.7 Å². The van der Waals surface area contributed by atoms with Crippen LogP contribution in [-0.4, -0.2) is 40.2 Å². The van der Waals surface area contributed by atoms with Crippen LogP contribution in [-0.2, 0) is 11.6 Å². The number of nitrogens with zero attached hydrogens (tertiary/aromatic N) is 4. The van der Waals surface area contributed by atoms with Gasteiger partial charge in [-0.2, -0.15) is 5.10 Å². The molecule has 1 aromatic carbocycles. The second-order valence-electron chi connectivity index (χ2n) is 8.24. The summed E-state index contributed by atoms with van der Waals surface area (Å²) in [5, 5.41) is 5.24. The molecule has 0 saturated heterocycles. The Labute approximate surface area is 180 Å². The molecule has 30 heavy (non-hydrogen) atoms. The predicted octanol–water partition coefficient (Wildman–Crippen LogP) is 5.07. The molecule has 0 aliphatic heterocycles. The highest BCUT2D eigenvalue weighted by Crippen LogP contribution is 2.37. The Morgan fingerprint density at radius 1 is 1.00 bits per heavy atom. The molecule has 2 aromatic heterocycles. The summed E-state index contributed by atoms with van der Waals surface area (Å²) >= 11 is 0. The second-order valence-corrected chi connectivity index (χ2v) is 11.4. The zero-order valence-electron chi connectivity index (χ0n) is 19.2. The zero-order chi connectivity index (χ0) is 22.5. The van der Waals surface area contributed by atoms with Crippen LogP contribution in [0.15, 0.2) is 42.9 Å². The Balaban J connectivity index is 0.000000222. The van der Waals surface area contributed by atoms with E-state index in [4.69, 9.17) is 4.74 Å². The molecular formula is C23H33N4O2P. The summed E-state index contributed by atoms with van der Waals surface area (Å²) in [7, 11) is 1.37. The molecule has 0 amide bonds. The molecule has 0 bridgehead atoms. The first kappa shape index (κ1) is 23.8. The molecule has 2 heterocycles. The fraction of sp³-hybridized carbons (Fsp3) is 0.435. The van der Waals surface area contributed by atoms with Crippen molar-refractivity contribution in [2.75, 3.05) is 20.4 Å². The molecule has 0 atom stereocenters. The SMILES string of the molecule is CC(C)c1ncccc1P(C)(C)=O.COc1c(-c2ncn(C)n2)cccc1C(C)C. The molecule has 0 radical (unpaired) electrons. The summed E-state index contributed by atoms with van der Waals surface area (Å²) in [5.41, 5.74) is 3.09. The fourth-order valence-corrected chi connectivity index (χ4v) is 4.50. The van der Waals surface area contributed by atoms with Crippen LogP contribution in [0.4, 0.5) is 0 Å². The van der Waals surface area contributed by atoms with E-state index >= 15 is 0 Å². The summed E-state index contributed by atoms with van der Waals surface area (Å²) in [4.78, 5) is 8.54. The van der Waals surface area contributed by atoms with Crippen molar-refractivity contribution in [1.29, 1.82) is 0 Å². The molecule has 0 saturated carbocycles. The molecule has 0 N–H and O–H groups in total. The van der Waals surface area contributed by atoms with Gasteiger partial charge in [0.05, 0.1) is 18.4 Å². The van der Waals surface area contributed by atoms with E-state index in [2.05, 4.69) is 48.8 Å². The van der Waals surface area contributed by atoms with E-state index < -0.39 is 7.14 Å². The quantitative estimate of drug-likeness (QED) is 0.531. The van der Waals surface area contributed by atoms with E-state index in [9.17, 15) is 4.57 Å². The van der Waals surface area contributed by atoms with Crippen LogP contribution < -0.4 is 10.0 Å². The average molecular weight is 429 g/mol. The normalized spacial score (nSPS) is 11.4. The van der Waals surface area contributed by atoms with Gasteiger partial charge in [-0.05, 0) is 48.9 Å². The molecule has 0 aliphatic rings. The zero-order valence-corrected chi connectivity index (χ0v) is 20.1. The number of hydrogen-bond donors (Lipinski definition) is 0. The highest BCUT2D eigenvalue weighted by Gasteiger charge is 2.18. The van der Waals surface area contributed by atoms with E-state index in [1.165, 1.54) is 5.56 Å².